The number of benzene rings is 2. The van der Waals surface area contributed by atoms with Crippen molar-refractivity contribution in [1.29, 1.82) is 0 Å². The molecule has 226 valence electrons. The number of aliphatic hydroxyl groups excluding tert-OH is 4. The van der Waals surface area contributed by atoms with Gasteiger partial charge in [0, 0.05) is 0 Å². The van der Waals surface area contributed by atoms with Crippen LogP contribution in [0.4, 0.5) is 0 Å². The smallest absolute Gasteiger partial charge is 0.338 e. The predicted octanol–water partition coefficient (Wildman–Crippen LogP) is 3.27. The van der Waals surface area contributed by atoms with Crippen LogP contribution in [-0.4, -0.2) is 83.2 Å². The molecule has 4 N–H and O–H groups in total. The zero-order chi connectivity index (χ0) is 30.7. The molecule has 2 aromatic rings. The summed E-state index contributed by atoms with van der Waals surface area (Å²) in [6.07, 6.45) is 6.95. The van der Waals surface area contributed by atoms with Crippen LogP contribution in [0.1, 0.15) is 45.7 Å². The van der Waals surface area contributed by atoms with Crippen LogP contribution in [-0.2, 0) is 18.9 Å². The van der Waals surface area contributed by atoms with Crippen molar-refractivity contribution in [2.45, 2.75) is 38.3 Å². The third-order valence-corrected chi connectivity index (χ3v) is 5.75. The van der Waals surface area contributed by atoms with Crippen LogP contribution in [0.15, 0.2) is 85.4 Å². The Morgan fingerprint density at radius 3 is 1.55 bits per heavy atom. The van der Waals surface area contributed by atoms with Gasteiger partial charge in [-0.25, -0.2) is 9.59 Å². The first kappa shape index (κ1) is 34.0. The highest BCUT2D eigenvalue weighted by Crippen LogP contribution is 2.14. The lowest BCUT2D eigenvalue weighted by Gasteiger charge is -2.30. The summed E-state index contributed by atoms with van der Waals surface area (Å²) in [5, 5.41) is 40.0. The van der Waals surface area contributed by atoms with Gasteiger partial charge in [0.05, 0.1) is 50.1 Å². The van der Waals surface area contributed by atoms with Crippen molar-refractivity contribution < 1.29 is 49.0 Å². The van der Waals surface area contributed by atoms with Gasteiger partial charge in [-0.05, 0) is 61.4 Å². The second-order valence-corrected chi connectivity index (χ2v) is 8.76. The van der Waals surface area contributed by atoms with Crippen molar-refractivity contribution >= 4 is 24.1 Å². The van der Waals surface area contributed by atoms with E-state index in [9.17, 15) is 30.0 Å². The van der Waals surface area contributed by atoms with Crippen molar-refractivity contribution in [1.82, 2.24) is 0 Å². The molecule has 0 radical (unpaired) electrons. The van der Waals surface area contributed by atoms with E-state index in [1.54, 1.807) is 86.7 Å². The molecule has 0 aromatic heterocycles. The molecule has 10 nitrogen and oxygen atoms in total. The van der Waals surface area contributed by atoms with Crippen LogP contribution in [0.3, 0.4) is 0 Å². The highest BCUT2D eigenvalue weighted by Gasteiger charge is 2.34. The van der Waals surface area contributed by atoms with E-state index in [4.69, 9.17) is 18.9 Å². The van der Waals surface area contributed by atoms with E-state index in [0.29, 0.717) is 24.3 Å². The molecule has 0 saturated carbocycles. The molecule has 0 unspecified atom stereocenters. The molecular weight excluding hydrogens is 544 g/mol. The Morgan fingerprint density at radius 2 is 1.14 bits per heavy atom. The van der Waals surface area contributed by atoms with Gasteiger partial charge in [0.25, 0.3) is 0 Å². The maximum absolute atomic E-state index is 11.7. The lowest BCUT2D eigenvalue weighted by molar-refractivity contribution is -0.129. The maximum atomic E-state index is 11.7. The van der Waals surface area contributed by atoms with Crippen LogP contribution in [0.5, 0.6) is 0 Å². The maximum Gasteiger partial charge on any atom is 0.338 e. The number of allylic oxidation sites excluding steroid dienone is 4. The first-order valence-electron chi connectivity index (χ1n) is 13.4. The van der Waals surface area contributed by atoms with Gasteiger partial charge in [0.15, 0.2) is 12.2 Å². The third-order valence-electron chi connectivity index (χ3n) is 5.75. The SMILES string of the molecule is CCOC(=O)c1ccc(C=CC=CO[C@@H]([C@H](O)[C@H](CO)OC=CC=Cc2ccc(C(=O)OCC)cc2)[C@H](O)CO)cc1. The molecular formula is C32H38O10. The second kappa shape index (κ2) is 19.0. The van der Waals surface area contributed by atoms with Gasteiger partial charge in [0.2, 0.25) is 0 Å². The monoisotopic (exact) mass is 582 g/mol. The standard InChI is InChI=1S/C32H38O10/c1-3-39-31(37)25-15-11-23(12-16-25)9-5-7-19-41-28(22-34)29(36)30(27(35)21-33)42-20-8-6-10-24-13-17-26(18-14-24)32(38)40-4-2/h5-20,27-30,33-36H,3-4,21-22H2,1-2H3/t27-,28+,29-,30-/m1/s1. The summed E-state index contributed by atoms with van der Waals surface area (Å²) in [5.74, 6) is -0.792. The Labute approximate surface area is 245 Å². The van der Waals surface area contributed by atoms with Crippen LogP contribution in [0.2, 0.25) is 0 Å². The van der Waals surface area contributed by atoms with Crippen LogP contribution < -0.4 is 0 Å². The quantitative estimate of drug-likeness (QED) is 0.124. The van der Waals surface area contributed by atoms with Crippen molar-refractivity contribution in [3.63, 3.8) is 0 Å². The van der Waals surface area contributed by atoms with Crippen LogP contribution in [0.25, 0.3) is 12.2 Å². The summed E-state index contributed by atoms with van der Waals surface area (Å²) < 4.78 is 20.8. The first-order chi connectivity index (χ1) is 20.3. The van der Waals surface area contributed by atoms with E-state index in [1.165, 1.54) is 24.7 Å². The fraction of sp³-hybridized carbons (Fsp3) is 0.312. The highest BCUT2D eigenvalue weighted by atomic mass is 16.5. The molecule has 4 atom stereocenters. The average molecular weight is 583 g/mol. The minimum atomic E-state index is -1.50. The van der Waals surface area contributed by atoms with E-state index in [2.05, 4.69) is 0 Å². The van der Waals surface area contributed by atoms with Gasteiger partial charge in [-0.3, -0.25) is 0 Å². The van der Waals surface area contributed by atoms with Crippen molar-refractivity contribution in [3.05, 3.63) is 108 Å². The van der Waals surface area contributed by atoms with Gasteiger partial charge < -0.3 is 39.4 Å². The van der Waals surface area contributed by atoms with E-state index in [1.807, 2.05) is 0 Å². The van der Waals surface area contributed by atoms with Gasteiger partial charge in [-0.15, -0.1) is 0 Å². The molecule has 2 rings (SSSR count). The molecule has 0 aliphatic rings. The molecule has 0 fully saturated rings. The topological polar surface area (TPSA) is 152 Å². The Kier molecular flexibility index (Phi) is 15.4. The molecule has 0 bridgehead atoms. The summed E-state index contributed by atoms with van der Waals surface area (Å²) in [6.45, 7) is 2.78. The fourth-order valence-electron chi connectivity index (χ4n) is 3.54. The zero-order valence-corrected chi connectivity index (χ0v) is 23.6. The highest BCUT2D eigenvalue weighted by molar-refractivity contribution is 5.90. The number of hydrogen-bond acceptors (Lipinski definition) is 10. The third kappa shape index (κ3) is 11.3. The van der Waals surface area contributed by atoms with Crippen LogP contribution in [0, 0.1) is 0 Å². The van der Waals surface area contributed by atoms with E-state index >= 15 is 0 Å². The lowest BCUT2D eigenvalue weighted by Crippen LogP contribution is -2.48. The number of hydrogen-bond donors (Lipinski definition) is 4. The molecule has 0 heterocycles. The predicted molar refractivity (Wildman–Crippen MR) is 157 cm³/mol. The molecule has 10 heteroatoms. The number of aliphatic hydroxyl groups is 4. The Bertz CT molecular complexity index is 1200. The second-order valence-electron chi connectivity index (χ2n) is 8.76. The van der Waals surface area contributed by atoms with Gasteiger partial charge in [-0.1, -0.05) is 48.6 Å². The Hall–Kier alpha value is -4.22. The number of carbonyl (C=O) groups is 2. The molecule has 2 aromatic carbocycles. The van der Waals surface area contributed by atoms with E-state index in [0.717, 1.165) is 11.1 Å². The van der Waals surface area contributed by atoms with E-state index < -0.39 is 49.6 Å². The number of carbonyl (C=O) groups excluding carboxylic acids is 2. The molecule has 0 amide bonds. The summed E-state index contributed by atoms with van der Waals surface area (Å²) in [6, 6.07) is 13.6. The summed E-state index contributed by atoms with van der Waals surface area (Å²) in [5.41, 5.74) is 2.52. The number of rotatable bonds is 17. The van der Waals surface area contributed by atoms with Crippen LogP contribution >= 0.6 is 0 Å². The van der Waals surface area contributed by atoms with Gasteiger partial charge in [0.1, 0.15) is 12.2 Å². The minimum absolute atomic E-state index is 0.294. The first-order valence-corrected chi connectivity index (χ1v) is 13.4. The summed E-state index contributed by atoms with van der Waals surface area (Å²) >= 11 is 0. The summed E-state index contributed by atoms with van der Waals surface area (Å²) in [4.78, 5) is 23.5. The van der Waals surface area contributed by atoms with Gasteiger partial charge in [-0.2, -0.15) is 0 Å². The summed E-state index contributed by atoms with van der Waals surface area (Å²) in [7, 11) is 0. The number of esters is 2. The molecule has 0 aliphatic carbocycles. The van der Waals surface area contributed by atoms with Crippen molar-refractivity contribution in [2.75, 3.05) is 26.4 Å². The average Bonchev–Trinajstić information content (AvgIpc) is 3.01. The minimum Gasteiger partial charge on any atom is -0.493 e. The normalized spacial score (nSPS) is 14.7. The Balaban J connectivity index is 1.92. The van der Waals surface area contributed by atoms with Crippen molar-refractivity contribution in [2.24, 2.45) is 0 Å². The fourth-order valence-corrected chi connectivity index (χ4v) is 3.54. The molecule has 0 spiro atoms. The number of ether oxygens (including phenoxy) is 4. The molecule has 42 heavy (non-hydrogen) atoms. The van der Waals surface area contributed by atoms with Gasteiger partial charge >= 0.3 is 11.9 Å². The van der Waals surface area contributed by atoms with E-state index in [-0.39, 0.29) is 0 Å². The largest absolute Gasteiger partial charge is 0.493 e. The molecule has 0 aliphatic heterocycles. The molecule has 0 saturated heterocycles. The van der Waals surface area contributed by atoms with Crippen molar-refractivity contribution in [3.8, 4) is 0 Å². The zero-order valence-electron chi connectivity index (χ0n) is 23.6. The lowest BCUT2D eigenvalue weighted by atomic mass is 10.0. The Morgan fingerprint density at radius 1 is 0.690 bits per heavy atom.